The molecule has 98 valence electrons. The number of carboxylic acids is 1. The van der Waals surface area contributed by atoms with Crippen molar-refractivity contribution < 1.29 is 19.1 Å². The molecule has 1 amide bonds. The number of hydrogen-bond donors (Lipinski definition) is 2. The topological polar surface area (TPSA) is 66.4 Å². The molecule has 18 heavy (non-hydrogen) atoms. The Morgan fingerprint density at radius 2 is 2.00 bits per heavy atom. The van der Waals surface area contributed by atoms with E-state index in [1.54, 1.807) is 13.8 Å². The van der Waals surface area contributed by atoms with Gasteiger partial charge in [0.15, 0.2) is 0 Å². The predicted octanol–water partition coefficient (Wildman–Crippen LogP) is 2.32. The van der Waals surface area contributed by atoms with Crippen LogP contribution >= 0.6 is 11.6 Å². The van der Waals surface area contributed by atoms with E-state index in [0.717, 1.165) is 6.07 Å². The highest BCUT2D eigenvalue weighted by molar-refractivity contribution is 6.34. The molecule has 0 aliphatic heterocycles. The molecule has 1 aromatic carbocycles. The summed E-state index contributed by atoms with van der Waals surface area (Å²) in [7, 11) is 0. The zero-order chi connectivity index (χ0) is 13.9. The summed E-state index contributed by atoms with van der Waals surface area (Å²) in [5.41, 5.74) is -0.0800. The molecule has 1 rings (SSSR count). The van der Waals surface area contributed by atoms with E-state index in [-0.39, 0.29) is 16.5 Å². The summed E-state index contributed by atoms with van der Waals surface area (Å²) in [4.78, 5) is 22.7. The molecule has 0 aromatic heterocycles. The molecule has 2 N–H and O–H groups in total. The Kier molecular flexibility index (Phi) is 4.67. The maximum Gasteiger partial charge on any atom is 0.326 e. The third-order valence-corrected chi connectivity index (χ3v) is 2.80. The average Bonchev–Trinajstić information content (AvgIpc) is 2.28. The molecule has 6 heteroatoms. The molecule has 4 nitrogen and oxygen atoms in total. The summed E-state index contributed by atoms with van der Waals surface area (Å²) in [6.45, 7) is 3.32. The second kappa shape index (κ2) is 5.82. The van der Waals surface area contributed by atoms with Crippen LogP contribution in [0.5, 0.6) is 0 Å². The van der Waals surface area contributed by atoms with Crippen LogP contribution in [-0.4, -0.2) is 23.0 Å². The predicted molar refractivity (Wildman–Crippen MR) is 65.1 cm³/mol. The van der Waals surface area contributed by atoms with Gasteiger partial charge in [-0.15, -0.1) is 0 Å². The van der Waals surface area contributed by atoms with E-state index in [2.05, 4.69) is 5.32 Å². The highest BCUT2D eigenvalue weighted by Gasteiger charge is 2.25. The van der Waals surface area contributed by atoms with Gasteiger partial charge < -0.3 is 10.4 Å². The van der Waals surface area contributed by atoms with Crippen LogP contribution in [0.15, 0.2) is 18.2 Å². The van der Waals surface area contributed by atoms with Gasteiger partial charge in [-0.05, 0) is 18.1 Å². The molecule has 0 aliphatic rings. The lowest BCUT2D eigenvalue weighted by Gasteiger charge is -2.18. The molecule has 1 aromatic rings. The smallest absolute Gasteiger partial charge is 0.326 e. The number of aliphatic carboxylic acids is 1. The van der Waals surface area contributed by atoms with Crippen LogP contribution in [0, 0.1) is 11.7 Å². The van der Waals surface area contributed by atoms with Crippen LogP contribution in [0.2, 0.25) is 5.02 Å². The maximum absolute atomic E-state index is 13.2. The highest BCUT2D eigenvalue weighted by atomic mass is 35.5. The summed E-state index contributed by atoms with van der Waals surface area (Å²) in [6, 6.07) is 2.74. The van der Waals surface area contributed by atoms with Crippen molar-refractivity contribution >= 4 is 23.5 Å². The standard InChI is InChI=1S/C12H13ClFNO3/c1-6(2)10(12(17)18)15-11(16)7-4-3-5-8(14)9(7)13/h3-6,10H,1-2H3,(H,15,16)(H,17,18)/t10-/m1/s1. The Morgan fingerprint density at radius 3 is 2.50 bits per heavy atom. The number of rotatable bonds is 4. The van der Waals surface area contributed by atoms with E-state index in [1.165, 1.54) is 12.1 Å². The monoisotopic (exact) mass is 273 g/mol. The first-order chi connectivity index (χ1) is 8.34. The van der Waals surface area contributed by atoms with Gasteiger partial charge in [0, 0.05) is 0 Å². The minimum absolute atomic E-state index is 0.0800. The summed E-state index contributed by atoms with van der Waals surface area (Å²) in [5, 5.41) is 10.9. The summed E-state index contributed by atoms with van der Waals surface area (Å²) in [5.74, 6) is -2.87. The van der Waals surface area contributed by atoms with Crippen molar-refractivity contribution in [1.29, 1.82) is 0 Å². The van der Waals surface area contributed by atoms with E-state index in [0.29, 0.717) is 0 Å². The normalized spacial score (nSPS) is 12.3. The molecular weight excluding hydrogens is 261 g/mol. The van der Waals surface area contributed by atoms with Crippen molar-refractivity contribution in [3.05, 3.63) is 34.6 Å². The molecule has 0 aliphatic carbocycles. The molecule has 0 fully saturated rings. The molecule has 0 saturated heterocycles. The first-order valence-electron chi connectivity index (χ1n) is 5.32. The fourth-order valence-electron chi connectivity index (χ4n) is 1.41. The number of hydrogen-bond acceptors (Lipinski definition) is 2. The molecule has 0 spiro atoms. The van der Waals surface area contributed by atoms with Gasteiger partial charge in [0.25, 0.3) is 5.91 Å². The van der Waals surface area contributed by atoms with E-state index in [4.69, 9.17) is 16.7 Å². The fourth-order valence-corrected chi connectivity index (χ4v) is 1.62. The fraction of sp³-hybridized carbons (Fsp3) is 0.333. The second-order valence-electron chi connectivity index (χ2n) is 4.13. The lowest BCUT2D eigenvalue weighted by atomic mass is 10.0. The summed E-state index contributed by atoms with van der Waals surface area (Å²) in [6.07, 6.45) is 0. The van der Waals surface area contributed by atoms with E-state index < -0.39 is 23.7 Å². The van der Waals surface area contributed by atoms with Gasteiger partial charge in [0.2, 0.25) is 0 Å². The Morgan fingerprint density at radius 1 is 1.39 bits per heavy atom. The number of halogens is 2. The van der Waals surface area contributed by atoms with Crippen LogP contribution < -0.4 is 5.32 Å². The van der Waals surface area contributed by atoms with Crippen molar-refractivity contribution in [2.45, 2.75) is 19.9 Å². The number of benzene rings is 1. The van der Waals surface area contributed by atoms with Crippen LogP contribution in [0.1, 0.15) is 24.2 Å². The van der Waals surface area contributed by atoms with Crippen molar-refractivity contribution in [2.24, 2.45) is 5.92 Å². The molecular formula is C12H13ClFNO3. The molecule has 0 saturated carbocycles. The highest BCUT2D eigenvalue weighted by Crippen LogP contribution is 2.19. The van der Waals surface area contributed by atoms with Crippen LogP contribution in [0.3, 0.4) is 0 Å². The number of carboxylic acid groups (broad SMARTS) is 1. The average molecular weight is 274 g/mol. The quantitative estimate of drug-likeness (QED) is 0.885. The largest absolute Gasteiger partial charge is 0.480 e. The third-order valence-electron chi connectivity index (χ3n) is 2.42. The number of amides is 1. The van der Waals surface area contributed by atoms with Crippen LogP contribution in [-0.2, 0) is 4.79 Å². The Bertz CT molecular complexity index is 476. The number of carbonyl (C=O) groups excluding carboxylic acids is 1. The number of nitrogens with one attached hydrogen (secondary N) is 1. The maximum atomic E-state index is 13.2. The van der Waals surface area contributed by atoms with Gasteiger partial charge >= 0.3 is 5.97 Å². The van der Waals surface area contributed by atoms with Crippen molar-refractivity contribution in [1.82, 2.24) is 5.32 Å². The van der Waals surface area contributed by atoms with Gasteiger partial charge in [0.05, 0.1) is 10.6 Å². The lowest BCUT2D eigenvalue weighted by molar-refractivity contribution is -0.140. The van der Waals surface area contributed by atoms with Crippen LogP contribution in [0.4, 0.5) is 4.39 Å². The van der Waals surface area contributed by atoms with Gasteiger partial charge in [-0.2, -0.15) is 0 Å². The van der Waals surface area contributed by atoms with Crippen molar-refractivity contribution in [3.63, 3.8) is 0 Å². The molecule has 0 bridgehead atoms. The lowest BCUT2D eigenvalue weighted by Crippen LogP contribution is -2.44. The summed E-state index contributed by atoms with van der Waals surface area (Å²) >= 11 is 5.65. The van der Waals surface area contributed by atoms with Crippen molar-refractivity contribution in [3.8, 4) is 0 Å². The minimum atomic E-state index is -1.15. The SMILES string of the molecule is CC(C)[C@@H](NC(=O)c1cccc(F)c1Cl)C(=O)O. The Labute approximate surface area is 109 Å². The van der Waals surface area contributed by atoms with E-state index >= 15 is 0 Å². The molecule has 0 unspecified atom stereocenters. The number of carbonyl (C=O) groups is 2. The minimum Gasteiger partial charge on any atom is -0.480 e. The first kappa shape index (κ1) is 14.4. The zero-order valence-electron chi connectivity index (χ0n) is 9.91. The first-order valence-corrected chi connectivity index (χ1v) is 5.70. The van der Waals surface area contributed by atoms with Crippen molar-refractivity contribution in [2.75, 3.05) is 0 Å². The van der Waals surface area contributed by atoms with Gasteiger partial charge in [-0.1, -0.05) is 31.5 Å². The third kappa shape index (κ3) is 3.20. The van der Waals surface area contributed by atoms with Crippen LogP contribution in [0.25, 0.3) is 0 Å². The van der Waals surface area contributed by atoms with E-state index in [1.807, 2.05) is 0 Å². The molecule has 1 atom stereocenters. The van der Waals surface area contributed by atoms with Gasteiger partial charge in [-0.3, -0.25) is 4.79 Å². The molecule has 0 heterocycles. The second-order valence-corrected chi connectivity index (χ2v) is 4.51. The Hall–Kier alpha value is -1.62. The Balaban J connectivity index is 2.94. The van der Waals surface area contributed by atoms with E-state index in [9.17, 15) is 14.0 Å². The zero-order valence-corrected chi connectivity index (χ0v) is 10.7. The van der Waals surface area contributed by atoms with Gasteiger partial charge in [-0.25, -0.2) is 9.18 Å². The molecule has 0 radical (unpaired) electrons. The summed E-state index contributed by atoms with van der Waals surface area (Å²) < 4.78 is 13.2. The van der Waals surface area contributed by atoms with Gasteiger partial charge in [0.1, 0.15) is 11.9 Å².